The number of aromatic amines is 1. The van der Waals surface area contributed by atoms with Crippen molar-refractivity contribution in [3.8, 4) is 0 Å². The van der Waals surface area contributed by atoms with E-state index in [1.807, 2.05) is 12.1 Å². The maximum absolute atomic E-state index is 12.5. The van der Waals surface area contributed by atoms with Crippen LogP contribution in [0.1, 0.15) is 23.0 Å². The third-order valence-electron chi connectivity index (χ3n) is 4.96. The minimum atomic E-state index is -0.486. The molecule has 1 unspecified atom stereocenters. The van der Waals surface area contributed by atoms with Crippen molar-refractivity contribution in [2.24, 2.45) is 0 Å². The largest absolute Gasteiger partial charge is 0.367 e. The van der Waals surface area contributed by atoms with Gasteiger partial charge in [0.15, 0.2) is 5.69 Å². The fraction of sp³-hybridized carbons (Fsp3) is 0.263. The van der Waals surface area contributed by atoms with E-state index in [9.17, 15) is 14.9 Å². The third kappa shape index (κ3) is 3.10. The fourth-order valence-corrected chi connectivity index (χ4v) is 3.63. The molecule has 0 aliphatic carbocycles. The fourth-order valence-electron chi connectivity index (χ4n) is 3.63. The normalized spacial score (nSPS) is 15.7. The highest BCUT2D eigenvalue weighted by molar-refractivity contribution is 6.05. The standard InChI is InChI=1S/C19H19N5O3/c1-12-10-13-4-2-3-5-17(13)23(12)9-8-20-19(25)18-15-11-14(24(26)27)6-7-16(15)21-22-18/h2-7,11-12H,8-10H2,1H3,(H,20,25)(H,21,22). The summed E-state index contributed by atoms with van der Waals surface area (Å²) < 4.78 is 0. The molecule has 2 heterocycles. The first kappa shape index (κ1) is 17.0. The molecule has 0 spiro atoms. The number of nitrogens with one attached hydrogen (secondary N) is 2. The highest BCUT2D eigenvalue weighted by Gasteiger charge is 2.25. The molecule has 0 fully saturated rings. The molecule has 1 aliphatic rings. The number of fused-ring (bicyclic) bond motifs is 2. The number of benzene rings is 2. The lowest BCUT2D eigenvalue weighted by atomic mass is 10.1. The molecule has 1 aromatic heterocycles. The van der Waals surface area contributed by atoms with Gasteiger partial charge in [0.1, 0.15) is 0 Å². The van der Waals surface area contributed by atoms with E-state index < -0.39 is 4.92 Å². The molecule has 2 aromatic carbocycles. The highest BCUT2D eigenvalue weighted by atomic mass is 16.6. The zero-order valence-electron chi connectivity index (χ0n) is 14.8. The second-order valence-corrected chi connectivity index (χ2v) is 6.69. The van der Waals surface area contributed by atoms with Crippen LogP contribution in [0.4, 0.5) is 11.4 Å². The van der Waals surface area contributed by atoms with E-state index in [0.717, 1.165) is 6.42 Å². The maximum Gasteiger partial charge on any atom is 0.272 e. The number of nitro benzene ring substituents is 1. The van der Waals surface area contributed by atoms with Crippen LogP contribution in [0.3, 0.4) is 0 Å². The van der Waals surface area contributed by atoms with Crippen molar-refractivity contribution < 1.29 is 9.72 Å². The van der Waals surface area contributed by atoms with Crippen LogP contribution in [0.2, 0.25) is 0 Å². The number of nitro groups is 1. The summed E-state index contributed by atoms with van der Waals surface area (Å²) in [6, 6.07) is 13.0. The van der Waals surface area contributed by atoms with Gasteiger partial charge in [-0.2, -0.15) is 5.10 Å². The lowest BCUT2D eigenvalue weighted by Gasteiger charge is -2.24. The lowest BCUT2D eigenvalue weighted by Crippen LogP contribution is -2.38. The number of rotatable bonds is 5. The SMILES string of the molecule is CC1Cc2ccccc2N1CCNC(=O)c1n[nH]c2ccc([N+](=O)[O-])cc12. The van der Waals surface area contributed by atoms with Gasteiger partial charge in [-0.1, -0.05) is 18.2 Å². The number of hydrogen-bond donors (Lipinski definition) is 2. The Balaban J connectivity index is 1.45. The number of amides is 1. The first-order chi connectivity index (χ1) is 13.0. The average Bonchev–Trinajstić information content (AvgIpc) is 3.22. The van der Waals surface area contributed by atoms with E-state index in [4.69, 9.17) is 0 Å². The number of aromatic nitrogens is 2. The number of para-hydroxylation sites is 1. The molecule has 2 N–H and O–H groups in total. The number of non-ortho nitro benzene ring substituents is 1. The smallest absolute Gasteiger partial charge is 0.272 e. The van der Waals surface area contributed by atoms with Gasteiger partial charge in [0.2, 0.25) is 0 Å². The van der Waals surface area contributed by atoms with Crippen molar-refractivity contribution in [1.29, 1.82) is 0 Å². The predicted molar refractivity (Wildman–Crippen MR) is 102 cm³/mol. The van der Waals surface area contributed by atoms with Crippen molar-refractivity contribution >= 4 is 28.2 Å². The molecule has 3 aromatic rings. The Hall–Kier alpha value is -3.42. The number of nitrogens with zero attached hydrogens (tertiary/aromatic N) is 3. The second kappa shape index (κ2) is 6.71. The minimum absolute atomic E-state index is 0.0690. The summed E-state index contributed by atoms with van der Waals surface area (Å²) in [7, 11) is 0. The number of carbonyl (C=O) groups is 1. The van der Waals surface area contributed by atoms with E-state index in [0.29, 0.717) is 30.0 Å². The molecule has 0 saturated heterocycles. The number of carbonyl (C=O) groups excluding carboxylic acids is 1. The molecule has 1 aliphatic heterocycles. The zero-order valence-corrected chi connectivity index (χ0v) is 14.8. The molecule has 0 bridgehead atoms. The van der Waals surface area contributed by atoms with Crippen LogP contribution in [-0.4, -0.2) is 40.2 Å². The molecule has 0 radical (unpaired) electrons. The summed E-state index contributed by atoms with van der Waals surface area (Å²) >= 11 is 0. The number of H-pyrrole nitrogens is 1. The van der Waals surface area contributed by atoms with Gasteiger partial charge in [-0.3, -0.25) is 20.0 Å². The molecule has 1 atom stereocenters. The Kier molecular flexibility index (Phi) is 4.23. The first-order valence-corrected chi connectivity index (χ1v) is 8.80. The molecule has 138 valence electrons. The Morgan fingerprint density at radius 2 is 2.19 bits per heavy atom. The van der Waals surface area contributed by atoms with Gasteiger partial charge in [0, 0.05) is 42.3 Å². The molecule has 8 nitrogen and oxygen atoms in total. The summed E-state index contributed by atoms with van der Waals surface area (Å²) in [6.45, 7) is 3.31. The third-order valence-corrected chi connectivity index (χ3v) is 4.96. The van der Waals surface area contributed by atoms with Crippen molar-refractivity contribution in [1.82, 2.24) is 15.5 Å². The second-order valence-electron chi connectivity index (χ2n) is 6.69. The molecule has 27 heavy (non-hydrogen) atoms. The van der Waals surface area contributed by atoms with Gasteiger partial charge >= 0.3 is 0 Å². The van der Waals surface area contributed by atoms with Crippen molar-refractivity contribution in [2.45, 2.75) is 19.4 Å². The van der Waals surface area contributed by atoms with Crippen molar-refractivity contribution in [3.05, 3.63) is 63.8 Å². The summed E-state index contributed by atoms with van der Waals surface area (Å²) in [5.41, 5.74) is 3.22. The van der Waals surface area contributed by atoms with E-state index in [1.54, 1.807) is 6.07 Å². The van der Waals surface area contributed by atoms with Crippen LogP contribution < -0.4 is 10.2 Å². The first-order valence-electron chi connectivity index (χ1n) is 8.80. The molecule has 4 rings (SSSR count). The Morgan fingerprint density at radius 1 is 1.37 bits per heavy atom. The quantitative estimate of drug-likeness (QED) is 0.534. The van der Waals surface area contributed by atoms with Gasteiger partial charge < -0.3 is 10.2 Å². The van der Waals surface area contributed by atoms with Gasteiger partial charge in [0.25, 0.3) is 11.6 Å². The number of anilines is 1. The maximum atomic E-state index is 12.5. The Labute approximate surface area is 155 Å². The summed E-state index contributed by atoms with van der Waals surface area (Å²) in [4.78, 5) is 25.3. The predicted octanol–water partition coefficient (Wildman–Crippen LogP) is 2.65. The molecule has 8 heteroatoms. The van der Waals surface area contributed by atoms with Gasteiger partial charge in [-0.25, -0.2) is 0 Å². The van der Waals surface area contributed by atoms with E-state index in [1.165, 1.54) is 23.4 Å². The Bertz CT molecular complexity index is 1030. The van der Waals surface area contributed by atoms with E-state index >= 15 is 0 Å². The van der Waals surface area contributed by atoms with Crippen LogP contribution in [0.15, 0.2) is 42.5 Å². The van der Waals surface area contributed by atoms with Crippen LogP contribution in [0.5, 0.6) is 0 Å². The summed E-state index contributed by atoms with van der Waals surface area (Å²) in [5, 5.41) is 21.1. The molecule has 0 saturated carbocycles. The van der Waals surface area contributed by atoms with Gasteiger partial charge in [0.05, 0.1) is 10.4 Å². The minimum Gasteiger partial charge on any atom is -0.367 e. The monoisotopic (exact) mass is 365 g/mol. The molecular weight excluding hydrogens is 346 g/mol. The average molecular weight is 365 g/mol. The summed E-state index contributed by atoms with van der Waals surface area (Å²) in [5.74, 6) is -0.345. The summed E-state index contributed by atoms with van der Waals surface area (Å²) in [6.07, 6.45) is 0.998. The van der Waals surface area contributed by atoms with Crippen LogP contribution in [0, 0.1) is 10.1 Å². The number of hydrogen-bond acceptors (Lipinski definition) is 5. The Morgan fingerprint density at radius 3 is 3.00 bits per heavy atom. The highest BCUT2D eigenvalue weighted by Crippen LogP contribution is 2.31. The van der Waals surface area contributed by atoms with E-state index in [2.05, 4.69) is 39.5 Å². The van der Waals surface area contributed by atoms with Gasteiger partial charge in [-0.05, 0) is 31.0 Å². The van der Waals surface area contributed by atoms with E-state index in [-0.39, 0.29) is 17.3 Å². The van der Waals surface area contributed by atoms with Crippen LogP contribution >= 0.6 is 0 Å². The molecular formula is C19H19N5O3. The van der Waals surface area contributed by atoms with Crippen LogP contribution in [-0.2, 0) is 6.42 Å². The topological polar surface area (TPSA) is 104 Å². The van der Waals surface area contributed by atoms with Gasteiger partial charge in [-0.15, -0.1) is 0 Å². The molecule has 1 amide bonds. The zero-order chi connectivity index (χ0) is 19.0. The van der Waals surface area contributed by atoms with Crippen molar-refractivity contribution in [3.63, 3.8) is 0 Å². The lowest BCUT2D eigenvalue weighted by molar-refractivity contribution is -0.384. The van der Waals surface area contributed by atoms with Crippen molar-refractivity contribution in [2.75, 3.05) is 18.0 Å². The van der Waals surface area contributed by atoms with Crippen LogP contribution in [0.25, 0.3) is 10.9 Å².